The van der Waals surface area contributed by atoms with Crippen molar-refractivity contribution in [1.82, 2.24) is 14.4 Å². The third-order valence-corrected chi connectivity index (χ3v) is 4.97. The molecule has 4 nitrogen and oxygen atoms in total. The number of pyridine rings is 1. The monoisotopic (exact) mass is 324 g/mol. The number of aromatic nitrogens is 3. The van der Waals surface area contributed by atoms with E-state index in [0.717, 1.165) is 27.1 Å². The van der Waals surface area contributed by atoms with Crippen LogP contribution in [0.25, 0.3) is 4.96 Å². The first-order valence-electron chi connectivity index (χ1n) is 6.13. The molecule has 20 heavy (non-hydrogen) atoms. The molecule has 2 N–H and O–H groups in total. The van der Waals surface area contributed by atoms with Crippen molar-refractivity contribution in [3.63, 3.8) is 0 Å². The molecule has 0 saturated heterocycles. The number of thiazole rings is 1. The molecule has 0 fully saturated rings. The first-order valence-corrected chi connectivity index (χ1v) is 8.21. The Bertz CT molecular complexity index is 735. The van der Waals surface area contributed by atoms with Crippen molar-refractivity contribution in [3.8, 4) is 0 Å². The van der Waals surface area contributed by atoms with Crippen LogP contribution in [0.5, 0.6) is 0 Å². The van der Waals surface area contributed by atoms with Crippen LogP contribution >= 0.6 is 34.7 Å². The van der Waals surface area contributed by atoms with Gasteiger partial charge in [-0.05, 0) is 30.8 Å². The molecule has 0 aliphatic carbocycles. The molecular weight excluding hydrogens is 312 g/mol. The molecule has 104 valence electrons. The molecule has 7 heteroatoms. The van der Waals surface area contributed by atoms with Gasteiger partial charge in [-0.15, -0.1) is 11.3 Å². The highest BCUT2D eigenvalue weighted by Crippen LogP contribution is 2.34. The van der Waals surface area contributed by atoms with Crippen molar-refractivity contribution < 1.29 is 0 Å². The Hall–Kier alpha value is -1.08. The summed E-state index contributed by atoms with van der Waals surface area (Å²) in [5.41, 5.74) is 7.06. The molecule has 0 aromatic carbocycles. The number of hydrogen-bond acceptors (Lipinski definition) is 5. The Kier molecular flexibility index (Phi) is 3.98. The first kappa shape index (κ1) is 13.9. The topological polar surface area (TPSA) is 56.2 Å². The molecule has 1 atom stereocenters. The standard InChI is InChI=1S/C13H13ClN4S2/c1-8(15)7-10-12(17-13-18(10)5-6-19-13)20-11-9(14)3-2-4-16-11/h2-6,8H,7,15H2,1H3. The van der Waals surface area contributed by atoms with Gasteiger partial charge >= 0.3 is 0 Å². The highest BCUT2D eigenvalue weighted by molar-refractivity contribution is 7.99. The fourth-order valence-corrected chi connectivity index (χ4v) is 3.84. The van der Waals surface area contributed by atoms with Gasteiger partial charge in [0.05, 0.1) is 10.7 Å². The predicted octanol–water partition coefficient (Wildman–Crippen LogP) is 3.49. The molecule has 3 aromatic rings. The second-order valence-corrected chi connectivity index (χ2v) is 6.75. The third-order valence-electron chi connectivity index (χ3n) is 2.76. The minimum atomic E-state index is 0.0772. The Labute approximate surface area is 130 Å². The minimum Gasteiger partial charge on any atom is -0.328 e. The normalized spacial score (nSPS) is 12.9. The predicted molar refractivity (Wildman–Crippen MR) is 83.8 cm³/mol. The number of fused-ring (bicyclic) bond motifs is 1. The second-order valence-electron chi connectivity index (χ2n) is 4.49. The van der Waals surface area contributed by atoms with Gasteiger partial charge in [0.2, 0.25) is 0 Å². The average Bonchev–Trinajstić information content (AvgIpc) is 2.95. The molecule has 0 radical (unpaired) electrons. The lowest BCUT2D eigenvalue weighted by atomic mass is 10.2. The van der Waals surface area contributed by atoms with Gasteiger partial charge in [0, 0.05) is 30.2 Å². The van der Waals surface area contributed by atoms with E-state index in [9.17, 15) is 0 Å². The van der Waals surface area contributed by atoms with Gasteiger partial charge < -0.3 is 5.73 Å². The average molecular weight is 325 g/mol. The summed E-state index contributed by atoms with van der Waals surface area (Å²) in [5, 5.41) is 4.36. The minimum absolute atomic E-state index is 0.0772. The lowest BCUT2D eigenvalue weighted by Crippen LogP contribution is -2.19. The van der Waals surface area contributed by atoms with Gasteiger partial charge in [0.25, 0.3) is 0 Å². The zero-order valence-corrected chi connectivity index (χ0v) is 13.2. The quantitative estimate of drug-likeness (QED) is 0.798. The maximum Gasteiger partial charge on any atom is 0.194 e. The van der Waals surface area contributed by atoms with Crippen LogP contribution in [-0.2, 0) is 6.42 Å². The van der Waals surface area contributed by atoms with E-state index in [0.29, 0.717) is 5.02 Å². The highest BCUT2D eigenvalue weighted by Gasteiger charge is 2.17. The number of imidazole rings is 1. The van der Waals surface area contributed by atoms with Crippen LogP contribution in [-0.4, -0.2) is 20.4 Å². The summed E-state index contributed by atoms with van der Waals surface area (Å²) in [6.45, 7) is 1.99. The molecule has 3 rings (SSSR count). The highest BCUT2D eigenvalue weighted by atomic mass is 35.5. The molecule has 0 saturated carbocycles. The van der Waals surface area contributed by atoms with Crippen LogP contribution in [0.2, 0.25) is 5.02 Å². The van der Waals surface area contributed by atoms with Crippen molar-refractivity contribution in [1.29, 1.82) is 0 Å². The molecule has 0 amide bonds. The maximum absolute atomic E-state index is 6.16. The van der Waals surface area contributed by atoms with Crippen molar-refractivity contribution in [2.75, 3.05) is 0 Å². The van der Waals surface area contributed by atoms with Gasteiger partial charge in [-0.25, -0.2) is 9.97 Å². The van der Waals surface area contributed by atoms with Gasteiger partial charge in [0.1, 0.15) is 10.1 Å². The van der Waals surface area contributed by atoms with Crippen LogP contribution in [0.4, 0.5) is 0 Å². The van der Waals surface area contributed by atoms with E-state index in [-0.39, 0.29) is 6.04 Å². The van der Waals surface area contributed by atoms with Crippen LogP contribution < -0.4 is 5.73 Å². The lowest BCUT2D eigenvalue weighted by molar-refractivity contribution is 0.706. The number of halogens is 1. The summed E-state index contributed by atoms with van der Waals surface area (Å²) in [5.74, 6) is 0. The van der Waals surface area contributed by atoms with E-state index in [1.165, 1.54) is 11.8 Å². The van der Waals surface area contributed by atoms with Gasteiger partial charge in [-0.1, -0.05) is 11.6 Å². The van der Waals surface area contributed by atoms with Gasteiger partial charge in [-0.2, -0.15) is 0 Å². The Morgan fingerprint density at radius 3 is 3.10 bits per heavy atom. The van der Waals surface area contributed by atoms with Crippen molar-refractivity contribution in [3.05, 3.63) is 40.6 Å². The molecular formula is C13H13ClN4S2. The third kappa shape index (κ3) is 2.69. The van der Waals surface area contributed by atoms with Crippen molar-refractivity contribution >= 4 is 39.7 Å². The lowest BCUT2D eigenvalue weighted by Gasteiger charge is -2.07. The summed E-state index contributed by atoms with van der Waals surface area (Å²) in [6, 6.07) is 3.73. The SMILES string of the molecule is CC(N)Cc1c(Sc2ncccc2Cl)nc2sccn12. The van der Waals surface area contributed by atoms with Crippen molar-refractivity contribution in [2.45, 2.75) is 29.4 Å². The summed E-state index contributed by atoms with van der Waals surface area (Å²) >= 11 is 9.26. The molecule has 3 aromatic heterocycles. The van der Waals surface area contributed by atoms with E-state index in [4.69, 9.17) is 17.3 Å². The van der Waals surface area contributed by atoms with E-state index < -0.39 is 0 Å². The zero-order chi connectivity index (χ0) is 14.1. The molecule has 1 unspecified atom stereocenters. The smallest absolute Gasteiger partial charge is 0.194 e. The maximum atomic E-state index is 6.16. The van der Waals surface area contributed by atoms with E-state index in [2.05, 4.69) is 14.4 Å². The molecule has 0 aliphatic rings. The largest absolute Gasteiger partial charge is 0.328 e. The number of nitrogens with zero attached hydrogens (tertiary/aromatic N) is 3. The Morgan fingerprint density at radius 2 is 2.35 bits per heavy atom. The van der Waals surface area contributed by atoms with E-state index in [1.54, 1.807) is 17.5 Å². The second kappa shape index (κ2) is 5.73. The molecule has 3 heterocycles. The summed E-state index contributed by atoms with van der Waals surface area (Å²) in [4.78, 5) is 9.92. The zero-order valence-electron chi connectivity index (χ0n) is 10.8. The Balaban J connectivity index is 2.02. The van der Waals surface area contributed by atoms with Gasteiger partial charge in [0.15, 0.2) is 4.96 Å². The Morgan fingerprint density at radius 1 is 1.50 bits per heavy atom. The molecule has 0 spiro atoms. The summed E-state index contributed by atoms with van der Waals surface area (Å²) in [7, 11) is 0. The first-order chi connectivity index (χ1) is 9.65. The summed E-state index contributed by atoms with van der Waals surface area (Å²) in [6.07, 6.45) is 4.53. The fraction of sp³-hybridized carbons (Fsp3) is 0.231. The number of nitrogens with two attached hydrogens (primary N) is 1. The molecule has 0 aliphatic heterocycles. The van der Waals surface area contributed by atoms with E-state index in [1.807, 2.05) is 30.6 Å². The van der Waals surface area contributed by atoms with E-state index >= 15 is 0 Å². The van der Waals surface area contributed by atoms with Crippen LogP contribution in [0.3, 0.4) is 0 Å². The van der Waals surface area contributed by atoms with Crippen LogP contribution in [0.15, 0.2) is 40.0 Å². The number of hydrogen-bond donors (Lipinski definition) is 1. The molecule has 0 bridgehead atoms. The fourth-order valence-electron chi connectivity index (χ4n) is 1.92. The number of rotatable bonds is 4. The van der Waals surface area contributed by atoms with Crippen LogP contribution in [0.1, 0.15) is 12.6 Å². The van der Waals surface area contributed by atoms with Crippen LogP contribution in [0, 0.1) is 0 Å². The van der Waals surface area contributed by atoms with Gasteiger partial charge in [-0.3, -0.25) is 4.40 Å². The van der Waals surface area contributed by atoms with Crippen molar-refractivity contribution in [2.24, 2.45) is 5.73 Å². The summed E-state index contributed by atoms with van der Waals surface area (Å²) < 4.78 is 2.09.